The van der Waals surface area contributed by atoms with Crippen molar-refractivity contribution in [2.75, 3.05) is 5.32 Å². The Balaban J connectivity index is 2.24. The molecule has 6 heteroatoms. The van der Waals surface area contributed by atoms with Crippen molar-refractivity contribution in [2.45, 2.75) is 6.92 Å². The molecule has 0 radical (unpaired) electrons. The zero-order valence-corrected chi connectivity index (χ0v) is 11.7. The Hall–Kier alpha value is -1.27. The van der Waals surface area contributed by atoms with E-state index < -0.39 is 17.5 Å². The molecule has 0 aliphatic carbocycles. The number of rotatable bonds is 2. The third kappa shape index (κ3) is 2.76. The lowest BCUT2D eigenvalue weighted by molar-refractivity contribution is 0.103. The summed E-state index contributed by atoms with van der Waals surface area (Å²) in [6.07, 6.45) is 0. The van der Waals surface area contributed by atoms with E-state index in [2.05, 4.69) is 21.2 Å². The molecule has 0 aliphatic heterocycles. The van der Waals surface area contributed by atoms with E-state index in [1.54, 1.807) is 12.1 Å². The van der Waals surface area contributed by atoms with Crippen molar-refractivity contribution >= 4 is 38.9 Å². The smallest absolute Gasteiger partial charge is 0.265 e. The van der Waals surface area contributed by atoms with Gasteiger partial charge >= 0.3 is 0 Å². The van der Waals surface area contributed by atoms with Gasteiger partial charge in [0, 0.05) is 10.9 Å². The van der Waals surface area contributed by atoms with Crippen LogP contribution in [0.15, 0.2) is 28.7 Å². The molecule has 1 heterocycles. The molecular formula is C12H8BrF2NOS. The minimum Gasteiger partial charge on any atom is -0.319 e. The SMILES string of the molecule is Cc1ccc(C(=O)Nc2cc(F)c(Br)cc2F)s1. The standard InChI is InChI=1S/C12H8BrF2NOS/c1-6-2-3-11(18-6)12(17)16-10-5-8(14)7(13)4-9(10)15/h2-5H,1H3,(H,16,17). The quantitative estimate of drug-likeness (QED) is 0.814. The number of nitrogens with one attached hydrogen (secondary N) is 1. The maximum absolute atomic E-state index is 13.5. The lowest BCUT2D eigenvalue weighted by atomic mass is 10.3. The normalized spacial score (nSPS) is 10.4. The fourth-order valence-electron chi connectivity index (χ4n) is 1.36. The molecule has 0 unspecified atom stereocenters. The van der Waals surface area contributed by atoms with E-state index in [0.717, 1.165) is 17.0 Å². The van der Waals surface area contributed by atoms with Crippen LogP contribution in [-0.4, -0.2) is 5.91 Å². The van der Waals surface area contributed by atoms with Crippen molar-refractivity contribution in [1.82, 2.24) is 0 Å². The first kappa shape index (κ1) is 13.2. The van der Waals surface area contributed by atoms with E-state index in [4.69, 9.17) is 0 Å². The number of thiophene rings is 1. The number of hydrogen-bond donors (Lipinski definition) is 1. The second-order valence-electron chi connectivity index (χ2n) is 3.61. The van der Waals surface area contributed by atoms with Crippen molar-refractivity contribution < 1.29 is 13.6 Å². The summed E-state index contributed by atoms with van der Waals surface area (Å²) in [5, 5.41) is 2.34. The van der Waals surface area contributed by atoms with Gasteiger partial charge in [0.2, 0.25) is 0 Å². The van der Waals surface area contributed by atoms with Crippen molar-refractivity contribution in [3.05, 3.63) is 50.1 Å². The molecule has 18 heavy (non-hydrogen) atoms. The molecule has 0 aliphatic rings. The molecule has 2 nitrogen and oxygen atoms in total. The Morgan fingerprint density at radius 2 is 2.00 bits per heavy atom. The van der Waals surface area contributed by atoms with Crippen LogP contribution in [0.2, 0.25) is 0 Å². The summed E-state index contributed by atoms with van der Waals surface area (Å²) in [5.74, 6) is -1.77. The molecular weight excluding hydrogens is 324 g/mol. The number of aryl methyl sites for hydroxylation is 1. The average molecular weight is 332 g/mol. The molecule has 0 bridgehead atoms. The first-order chi connectivity index (χ1) is 8.47. The van der Waals surface area contributed by atoms with Gasteiger partial charge in [-0.15, -0.1) is 11.3 Å². The largest absolute Gasteiger partial charge is 0.319 e. The molecule has 1 amide bonds. The van der Waals surface area contributed by atoms with Crippen LogP contribution < -0.4 is 5.32 Å². The highest BCUT2D eigenvalue weighted by Gasteiger charge is 2.13. The molecule has 94 valence electrons. The fraction of sp³-hybridized carbons (Fsp3) is 0.0833. The first-order valence-corrected chi connectivity index (χ1v) is 6.60. The number of amides is 1. The molecule has 1 aromatic heterocycles. The highest BCUT2D eigenvalue weighted by atomic mass is 79.9. The molecule has 0 saturated carbocycles. The lowest BCUT2D eigenvalue weighted by Gasteiger charge is -2.06. The summed E-state index contributed by atoms with van der Waals surface area (Å²) in [5.41, 5.74) is -0.174. The van der Waals surface area contributed by atoms with Gasteiger partial charge in [0.05, 0.1) is 15.0 Å². The molecule has 0 atom stereocenters. The monoisotopic (exact) mass is 331 g/mol. The van der Waals surface area contributed by atoms with E-state index in [1.807, 2.05) is 6.92 Å². The molecule has 1 aromatic carbocycles. The molecule has 2 aromatic rings. The first-order valence-electron chi connectivity index (χ1n) is 4.99. The zero-order valence-electron chi connectivity index (χ0n) is 9.26. The van der Waals surface area contributed by atoms with Crippen LogP contribution in [0.1, 0.15) is 14.5 Å². The van der Waals surface area contributed by atoms with Gasteiger partial charge in [0.1, 0.15) is 11.6 Å². The molecule has 0 fully saturated rings. The van der Waals surface area contributed by atoms with Gasteiger partial charge in [-0.2, -0.15) is 0 Å². The Labute approximate surface area is 115 Å². The van der Waals surface area contributed by atoms with Crippen LogP contribution in [0.4, 0.5) is 14.5 Å². The van der Waals surface area contributed by atoms with Crippen molar-refractivity contribution in [1.29, 1.82) is 0 Å². The summed E-state index contributed by atoms with van der Waals surface area (Å²) >= 11 is 4.16. The Kier molecular flexibility index (Phi) is 3.77. The minimum atomic E-state index is -0.690. The molecule has 2 rings (SSSR count). The van der Waals surface area contributed by atoms with Crippen LogP contribution in [0.5, 0.6) is 0 Å². The molecule has 1 N–H and O–H groups in total. The summed E-state index contributed by atoms with van der Waals surface area (Å²) in [4.78, 5) is 13.2. The number of benzene rings is 1. The third-order valence-corrected chi connectivity index (χ3v) is 3.83. The third-order valence-electron chi connectivity index (χ3n) is 2.22. The zero-order chi connectivity index (χ0) is 13.3. The van der Waals surface area contributed by atoms with Crippen molar-refractivity contribution in [2.24, 2.45) is 0 Å². The van der Waals surface area contributed by atoms with E-state index in [9.17, 15) is 13.6 Å². The van der Waals surface area contributed by atoms with E-state index in [1.165, 1.54) is 11.3 Å². The maximum atomic E-state index is 13.5. The fourth-order valence-corrected chi connectivity index (χ4v) is 2.44. The Morgan fingerprint density at radius 3 is 2.61 bits per heavy atom. The minimum absolute atomic E-state index is 0.0185. The maximum Gasteiger partial charge on any atom is 0.265 e. The summed E-state index contributed by atoms with van der Waals surface area (Å²) in [6, 6.07) is 5.35. The Bertz CT molecular complexity index is 612. The number of anilines is 1. The van der Waals surface area contributed by atoms with Gasteiger partial charge in [-0.05, 0) is 41.1 Å². The summed E-state index contributed by atoms with van der Waals surface area (Å²) in [7, 11) is 0. The van der Waals surface area contributed by atoms with Gasteiger partial charge in [0.25, 0.3) is 5.91 Å². The van der Waals surface area contributed by atoms with E-state index in [-0.39, 0.29) is 10.2 Å². The predicted molar refractivity (Wildman–Crippen MR) is 71.1 cm³/mol. The number of carbonyl (C=O) groups is 1. The van der Waals surface area contributed by atoms with Crippen LogP contribution in [-0.2, 0) is 0 Å². The van der Waals surface area contributed by atoms with Crippen LogP contribution >= 0.6 is 27.3 Å². The number of halogens is 3. The second kappa shape index (κ2) is 5.16. The van der Waals surface area contributed by atoms with Crippen molar-refractivity contribution in [3.63, 3.8) is 0 Å². The van der Waals surface area contributed by atoms with Gasteiger partial charge in [0.15, 0.2) is 0 Å². The second-order valence-corrected chi connectivity index (χ2v) is 5.75. The van der Waals surface area contributed by atoms with Gasteiger partial charge in [-0.3, -0.25) is 4.79 Å². The van der Waals surface area contributed by atoms with Crippen molar-refractivity contribution in [3.8, 4) is 0 Å². The van der Waals surface area contributed by atoms with Crippen LogP contribution in [0, 0.1) is 18.6 Å². The van der Waals surface area contributed by atoms with E-state index in [0.29, 0.717) is 4.88 Å². The predicted octanol–water partition coefficient (Wildman–Crippen LogP) is 4.35. The molecule has 0 saturated heterocycles. The number of carbonyl (C=O) groups excluding carboxylic acids is 1. The molecule has 0 spiro atoms. The van der Waals surface area contributed by atoms with Crippen LogP contribution in [0.3, 0.4) is 0 Å². The number of hydrogen-bond acceptors (Lipinski definition) is 2. The topological polar surface area (TPSA) is 29.1 Å². The van der Waals surface area contributed by atoms with Gasteiger partial charge in [-0.25, -0.2) is 8.78 Å². The van der Waals surface area contributed by atoms with Crippen LogP contribution in [0.25, 0.3) is 0 Å². The highest BCUT2D eigenvalue weighted by molar-refractivity contribution is 9.10. The van der Waals surface area contributed by atoms with Gasteiger partial charge < -0.3 is 5.32 Å². The lowest BCUT2D eigenvalue weighted by Crippen LogP contribution is -2.11. The highest BCUT2D eigenvalue weighted by Crippen LogP contribution is 2.24. The average Bonchev–Trinajstić information content (AvgIpc) is 2.73. The summed E-state index contributed by atoms with van der Waals surface area (Å²) < 4.78 is 26.8. The Morgan fingerprint density at radius 1 is 1.28 bits per heavy atom. The summed E-state index contributed by atoms with van der Waals surface area (Å²) in [6.45, 7) is 1.86. The van der Waals surface area contributed by atoms with Gasteiger partial charge in [-0.1, -0.05) is 0 Å². The van der Waals surface area contributed by atoms with E-state index >= 15 is 0 Å².